The van der Waals surface area contributed by atoms with Crippen LogP contribution in [0.25, 0.3) is 0 Å². The van der Waals surface area contributed by atoms with E-state index in [0.717, 1.165) is 57.3 Å². The average molecular weight is 314 g/mol. The molecule has 124 valence electrons. The van der Waals surface area contributed by atoms with Crippen LogP contribution >= 0.6 is 0 Å². The number of carbonyl (C=O) groups excluding carboxylic acids is 2. The fourth-order valence-corrected chi connectivity index (χ4v) is 3.64. The van der Waals surface area contributed by atoms with Crippen molar-refractivity contribution in [2.75, 3.05) is 19.6 Å². The van der Waals surface area contributed by atoms with Gasteiger partial charge in [-0.25, -0.2) is 0 Å². The number of amides is 2. The number of hydrogen-bond donors (Lipinski definition) is 0. The van der Waals surface area contributed by atoms with Gasteiger partial charge < -0.3 is 9.80 Å². The third kappa shape index (κ3) is 4.12. The summed E-state index contributed by atoms with van der Waals surface area (Å²) in [6.45, 7) is 3.21. The molecule has 2 heterocycles. The van der Waals surface area contributed by atoms with Gasteiger partial charge in [-0.15, -0.1) is 0 Å². The van der Waals surface area contributed by atoms with Gasteiger partial charge in [0.2, 0.25) is 11.8 Å². The summed E-state index contributed by atoms with van der Waals surface area (Å²) >= 11 is 0. The molecule has 1 aromatic carbocycles. The van der Waals surface area contributed by atoms with Crippen LogP contribution in [0.2, 0.25) is 0 Å². The van der Waals surface area contributed by atoms with Crippen LogP contribution in [0, 0.1) is 5.92 Å². The van der Waals surface area contributed by atoms with Crippen LogP contribution < -0.4 is 0 Å². The predicted octanol–water partition coefficient (Wildman–Crippen LogP) is 2.83. The highest BCUT2D eigenvalue weighted by molar-refractivity contribution is 5.86. The Morgan fingerprint density at radius 1 is 1.00 bits per heavy atom. The van der Waals surface area contributed by atoms with E-state index >= 15 is 0 Å². The van der Waals surface area contributed by atoms with E-state index in [1.54, 1.807) is 0 Å². The van der Waals surface area contributed by atoms with Crippen molar-refractivity contribution in [3.05, 3.63) is 35.9 Å². The summed E-state index contributed by atoms with van der Waals surface area (Å²) in [5.41, 5.74) is 1.16. The molecule has 0 bridgehead atoms. The van der Waals surface area contributed by atoms with E-state index in [1.807, 2.05) is 28.0 Å². The summed E-state index contributed by atoms with van der Waals surface area (Å²) in [7, 11) is 0. The van der Waals surface area contributed by atoms with Crippen LogP contribution in [-0.4, -0.2) is 41.2 Å². The van der Waals surface area contributed by atoms with E-state index in [2.05, 4.69) is 12.1 Å². The minimum atomic E-state index is -0.130. The Labute approximate surface area is 138 Å². The van der Waals surface area contributed by atoms with Gasteiger partial charge in [0.25, 0.3) is 0 Å². The molecule has 1 aromatic rings. The summed E-state index contributed by atoms with van der Waals surface area (Å²) in [6, 6.07) is 10.1. The van der Waals surface area contributed by atoms with Gasteiger partial charge in [-0.3, -0.25) is 9.59 Å². The van der Waals surface area contributed by atoms with Crippen molar-refractivity contribution < 1.29 is 9.59 Å². The molecule has 0 radical (unpaired) electrons. The number of hydrogen-bond acceptors (Lipinski definition) is 2. The molecule has 1 atom stereocenters. The summed E-state index contributed by atoms with van der Waals surface area (Å²) in [4.78, 5) is 29.1. The molecule has 4 heteroatoms. The fourth-order valence-electron chi connectivity index (χ4n) is 3.64. The average Bonchev–Trinajstić information content (AvgIpc) is 3.06. The number of rotatable bonds is 4. The molecule has 2 aliphatic heterocycles. The lowest BCUT2D eigenvalue weighted by Gasteiger charge is -2.25. The monoisotopic (exact) mass is 314 g/mol. The molecule has 0 unspecified atom stereocenters. The molecule has 2 amide bonds. The molecule has 2 aliphatic rings. The van der Waals surface area contributed by atoms with Crippen molar-refractivity contribution in [2.45, 2.75) is 45.1 Å². The Kier molecular flexibility index (Phi) is 5.31. The zero-order valence-electron chi connectivity index (χ0n) is 13.7. The van der Waals surface area contributed by atoms with Crippen LogP contribution in [0.15, 0.2) is 30.3 Å². The maximum absolute atomic E-state index is 12.9. The van der Waals surface area contributed by atoms with Gasteiger partial charge >= 0.3 is 0 Å². The minimum absolute atomic E-state index is 0.130. The maximum Gasteiger partial charge on any atom is 0.226 e. The summed E-state index contributed by atoms with van der Waals surface area (Å²) in [5.74, 6) is 0.204. The lowest BCUT2D eigenvalue weighted by atomic mass is 9.97. The van der Waals surface area contributed by atoms with Gasteiger partial charge in [0, 0.05) is 38.5 Å². The summed E-state index contributed by atoms with van der Waals surface area (Å²) < 4.78 is 0. The smallest absolute Gasteiger partial charge is 0.226 e. The van der Waals surface area contributed by atoms with E-state index in [9.17, 15) is 9.59 Å². The molecule has 3 rings (SSSR count). The van der Waals surface area contributed by atoms with Gasteiger partial charge in [-0.05, 0) is 31.2 Å². The standard InChI is InChI=1S/C19H26N2O2/c22-18(20-11-6-7-12-20)14-17-10-4-5-13-21(19(17)23)15-16-8-2-1-3-9-16/h1-3,8-9,17H,4-7,10-15H2/t17-/m1/s1. The fraction of sp³-hybridized carbons (Fsp3) is 0.579. The van der Waals surface area contributed by atoms with Gasteiger partial charge in [-0.2, -0.15) is 0 Å². The molecule has 0 spiro atoms. The first-order valence-electron chi connectivity index (χ1n) is 8.84. The molecule has 2 fully saturated rings. The Morgan fingerprint density at radius 2 is 1.70 bits per heavy atom. The van der Waals surface area contributed by atoms with Crippen molar-refractivity contribution in [1.29, 1.82) is 0 Å². The zero-order valence-corrected chi connectivity index (χ0v) is 13.7. The lowest BCUT2D eigenvalue weighted by Crippen LogP contribution is -2.37. The Balaban J connectivity index is 1.63. The first kappa shape index (κ1) is 16.0. The van der Waals surface area contributed by atoms with Crippen LogP contribution in [0.5, 0.6) is 0 Å². The normalized spacial score (nSPS) is 22.3. The molecule has 23 heavy (non-hydrogen) atoms. The minimum Gasteiger partial charge on any atom is -0.343 e. The molecule has 0 N–H and O–H groups in total. The van der Waals surface area contributed by atoms with E-state index in [4.69, 9.17) is 0 Å². The molecule has 0 saturated carbocycles. The quantitative estimate of drug-likeness (QED) is 0.857. The topological polar surface area (TPSA) is 40.6 Å². The first-order valence-corrected chi connectivity index (χ1v) is 8.84. The highest BCUT2D eigenvalue weighted by Crippen LogP contribution is 2.24. The van der Waals surface area contributed by atoms with E-state index in [-0.39, 0.29) is 17.7 Å². The van der Waals surface area contributed by atoms with E-state index in [0.29, 0.717) is 13.0 Å². The maximum atomic E-state index is 12.9. The molecule has 0 aliphatic carbocycles. The molecule has 2 saturated heterocycles. The first-order chi connectivity index (χ1) is 11.2. The van der Waals surface area contributed by atoms with Crippen LogP contribution in [0.3, 0.4) is 0 Å². The zero-order chi connectivity index (χ0) is 16.1. The third-order valence-corrected chi connectivity index (χ3v) is 4.99. The van der Waals surface area contributed by atoms with Crippen molar-refractivity contribution in [3.8, 4) is 0 Å². The van der Waals surface area contributed by atoms with Crippen molar-refractivity contribution in [3.63, 3.8) is 0 Å². The van der Waals surface area contributed by atoms with Gasteiger partial charge in [-0.1, -0.05) is 36.8 Å². The highest BCUT2D eigenvalue weighted by atomic mass is 16.2. The third-order valence-electron chi connectivity index (χ3n) is 4.99. The van der Waals surface area contributed by atoms with Gasteiger partial charge in [0.1, 0.15) is 0 Å². The van der Waals surface area contributed by atoms with Gasteiger partial charge in [0.15, 0.2) is 0 Å². The highest BCUT2D eigenvalue weighted by Gasteiger charge is 2.30. The van der Waals surface area contributed by atoms with Crippen molar-refractivity contribution >= 4 is 11.8 Å². The summed E-state index contributed by atoms with van der Waals surface area (Å²) in [5, 5.41) is 0. The SMILES string of the molecule is O=C(C[C@H]1CCCCN(Cc2ccccc2)C1=O)N1CCCC1. The second kappa shape index (κ2) is 7.62. The number of benzene rings is 1. The molecular weight excluding hydrogens is 288 g/mol. The van der Waals surface area contributed by atoms with E-state index < -0.39 is 0 Å². The second-order valence-corrected chi connectivity index (χ2v) is 6.73. The van der Waals surface area contributed by atoms with Crippen LogP contribution in [0.1, 0.15) is 44.1 Å². The predicted molar refractivity (Wildman–Crippen MR) is 89.6 cm³/mol. The number of likely N-dealkylation sites (tertiary alicyclic amines) is 2. The van der Waals surface area contributed by atoms with Crippen molar-refractivity contribution in [2.24, 2.45) is 5.92 Å². The Hall–Kier alpha value is -1.84. The van der Waals surface area contributed by atoms with Crippen LogP contribution in [0.4, 0.5) is 0 Å². The van der Waals surface area contributed by atoms with Gasteiger partial charge in [0.05, 0.1) is 0 Å². The molecular formula is C19H26N2O2. The Bertz CT molecular complexity index is 538. The number of carbonyl (C=O) groups is 2. The van der Waals surface area contributed by atoms with Crippen LogP contribution in [-0.2, 0) is 16.1 Å². The van der Waals surface area contributed by atoms with E-state index in [1.165, 1.54) is 0 Å². The largest absolute Gasteiger partial charge is 0.343 e. The lowest BCUT2D eigenvalue weighted by molar-refractivity contribution is -0.140. The Morgan fingerprint density at radius 3 is 2.43 bits per heavy atom. The second-order valence-electron chi connectivity index (χ2n) is 6.73. The summed E-state index contributed by atoms with van der Waals surface area (Å²) in [6.07, 6.45) is 5.52. The molecule has 4 nitrogen and oxygen atoms in total. The molecule has 0 aromatic heterocycles. The van der Waals surface area contributed by atoms with Crippen molar-refractivity contribution in [1.82, 2.24) is 9.80 Å². The number of nitrogens with zero attached hydrogens (tertiary/aromatic N) is 2.